The Bertz CT molecular complexity index is 1300. The minimum atomic E-state index is -0.773. The van der Waals surface area contributed by atoms with E-state index in [0.717, 1.165) is 26.9 Å². The van der Waals surface area contributed by atoms with Gasteiger partial charge in [-0.1, -0.05) is 17.4 Å². The molecule has 2 aliphatic rings. The van der Waals surface area contributed by atoms with E-state index in [9.17, 15) is 14.7 Å². The zero-order valence-corrected chi connectivity index (χ0v) is 18.2. The summed E-state index contributed by atoms with van der Waals surface area (Å²) in [6, 6.07) is 8.91. The predicted molar refractivity (Wildman–Crippen MR) is 120 cm³/mol. The standard InChI is InChI=1S/C23H20N4O4S/c1-13-7-17-14(12-31-22(17)30)8-16(13)19(28)10-26-5-6-27(21(29)11-26)23-25-18-4-3-15(24-2)9-20(18)32-23/h3-4,7-9,19,28H,5-6,10-12H2,1H3. The number of esters is 1. The Morgan fingerprint density at radius 1 is 1.28 bits per heavy atom. The van der Waals surface area contributed by atoms with E-state index in [-0.39, 0.29) is 25.0 Å². The second-order valence-electron chi connectivity index (χ2n) is 8.00. The lowest BCUT2D eigenvalue weighted by atomic mass is 9.96. The maximum Gasteiger partial charge on any atom is 0.338 e. The first-order valence-corrected chi connectivity index (χ1v) is 11.0. The molecule has 2 aliphatic heterocycles. The fraction of sp³-hybridized carbons (Fsp3) is 0.304. The van der Waals surface area contributed by atoms with Crippen LogP contribution in [-0.4, -0.2) is 53.0 Å². The Balaban J connectivity index is 1.27. The van der Waals surface area contributed by atoms with Gasteiger partial charge in [-0.15, -0.1) is 0 Å². The van der Waals surface area contributed by atoms with Gasteiger partial charge in [-0.3, -0.25) is 14.6 Å². The molecule has 8 nitrogen and oxygen atoms in total. The largest absolute Gasteiger partial charge is 0.457 e. The molecule has 2 aromatic carbocycles. The average molecular weight is 449 g/mol. The van der Waals surface area contributed by atoms with Crippen molar-refractivity contribution in [2.24, 2.45) is 0 Å². The highest BCUT2D eigenvalue weighted by atomic mass is 32.1. The van der Waals surface area contributed by atoms with Gasteiger partial charge in [0.1, 0.15) is 6.61 Å². The minimum Gasteiger partial charge on any atom is -0.457 e. The third kappa shape index (κ3) is 3.62. The number of β-amino-alcohol motifs (C(OH)–C–C–N with tert-alkyl or cyclic N) is 1. The van der Waals surface area contributed by atoms with E-state index in [1.165, 1.54) is 11.3 Å². The summed E-state index contributed by atoms with van der Waals surface area (Å²) >= 11 is 1.41. The molecule has 1 N–H and O–H groups in total. The summed E-state index contributed by atoms with van der Waals surface area (Å²) in [4.78, 5) is 36.2. The van der Waals surface area contributed by atoms with E-state index in [0.29, 0.717) is 36.0 Å². The first-order valence-electron chi connectivity index (χ1n) is 10.2. The van der Waals surface area contributed by atoms with Gasteiger partial charge < -0.3 is 9.84 Å². The quantitative estimate of drug-likeness (QED) is 0.487. The number of aryl methyl sites for hydroxylation is 1. The predicted octanol–water partition coefficient (Wildman–Crippen LogP) is 3.21. The van der Waals surface area contributed by atoms with Crippen LogP contribution in [-0.2, 0) is 16.1 Å². The number of hydrogen-bond acceptors (Lipinski definition) is 7. The lowest BCUT2D eigenvalue weighted by Crippen LogP contribution is -2.51. The summed E-state index contributed by atoms with van der Waals surface area (Å²) in [6.45, 7) is 10.8. The summed E-state index contributed by atoms with van der Waals surface area (Å²) in [7, 11) is 0. The summed E-state index contributed by atoms with van der Waals surface area (Å²) in [5.41, 5.74) is 4.24. The van der Waals surface area contributed by atoms with Crippen molar-refractivity contribution < 1.29 is 19.4 Å². The summed E-state index contributed by atoms with van der Waals surface area (Å²) in [5.74, 6) is -0.399. The molecule has 1 unspecified atom stereocenters. The molecule has 1 fully saturated rings. The number of hydrogen-bond donors (Lipinski definition) is 1. The van der Waals surface area contributed by atoms with Crippen molar-refractivity contribution in [1.82, 2.24) is 9.88 Å². The number of cyclic esters (lactones) is 1. The van der Waals surface area contributed by atoms with Crippen molar-refractivity contribution in [2.75, 3.05) is 31.1 Å². The zero-order chi connectivity index (χ0) is 22.4. The highest BCUT2D eigenvalue weighted by molar-refractivity contribution is 7.22. The van der Waals surface area contributed by atoms with Gasteiger partial charge in [0.25, 0.3) is 0 Å². The number of amides is 1. The number of thiazole rings is 1. The number of fused-ring (bicyclic) bond motifs is 2. The highest BCUT2D eigenvalue weighted by Crippen LogP contribution is 2.33. The van der Waals surface area contributed by atoms with Crippen LogP contribution in [0.25, 0.3) is 15.1 Å². The summed E-state index contributed by atoms with van der Waals surface area (Å²) in [5, 5.41) is 11.5. The van der Waals surface area contributed by atoms with Crippen molar-refractivity contribution in [3.05, 3.63) is 64.0 Å². The first-order chi connectivity index (χ1) is 15.4. The molecule has 3 aromatic rings. The molecule has 3 heterocycles. The molecule has 0 aliphatic carbocycles. The lowest BCUT2D eigenvalue weighted by molar-refractivity contribution is -0.121. The van der Waals surface area contributed by atoms with Gasteiger partial charge in [0.2, 0.25) is 5.91 Å². The van der Waals surface area contributed by atoms with E-state index in [1.54, 1.807) is 29.2 Å². The molecule has 0 spiro atoms. The molecular weight excluding hydrogens is 428 g/mol. The molecule has 9 heteroatoms. The Kier molecular flexibility index (Phi) is 5.13. The molecule has 0 saturated carbocycles. The van der Waals surface area contributed by atoms with Crippen molar-refractivity contribution in [1.29, 1.82) is 0 Å². The van der Waals surface area contributed by atoms with Crippen LogP contribution < -0.4 is 4.90 Å². The third-order valence-electron chi connectivity index (χ3n) is 5.88. The average Bonchev–Trinajstić information content (AvgIpc) is 3.36. The maximum absolute atomic E-state index is 12.8. The molecule has 162 valence electrons. The van der Waals surface area contributed by atoms with Crippen LogP contribution in [0.5, 0.6) is 0 Å². The smallest absolute Gasteiger partial charge is 0.338 e. The van der Waals surface area contributed by atoms with Crippen LogP contribution in [0, 0.1) is 13.5 Å². The van der Waals surface area contributed by atoms with Crippen molar-refractivity contribution in [3.8, 4) is 0 Å². The molecule has 0 bridgehead atoms. The van der Waals surface area contributed by atoms with Gasteiger partial charge in [0.05, 0.1) is 30.3 Å². The number of carbonyl (C=O) groups excluding carboxylic acids is 2. The first kappa shape index (κ1) is 20.6. The molecule has 1 atom stereocenters. The lowest BCUT2D eigenvalue weighted by Gasteiger charge is -2.34. The molecule has 0 radical (unpaired) electrons. The number of nitrogens with zero attached hydrogens (tertiary/aromatic N) is 4. The fourth-order valence-corrected chi connectivity index (χ4v) is 5.21. The van der Waals surface area contributed by atoms with Crippen LogP contribution in [0.2, 0.25) is 0 Å². The number of aliphatic hydroxyl groups excluding tert-OH is 1. The van der Waals surface area contributed by atoms with Gasteiger partial charge in [0.15, 0.2) is 10.8 Å². The Morgan fingerprint density at radius 3 is 2.91 bits per heavy atom. The zero-order valence-electron chi connectivity index (χ0n) is 17.4. The Labute approximate surface area is 188 Å². The minimum absolute atomic E-state index is 0.0717. The fourth-order valence-electron chi connectivity index (χ4n) is 4.17. The van der Waals surface area contributed by atoms with Crippen LogP contribution in [0.4, 0.5) is 10.8 Å². The monoisotopic (exact) mass is 448 g/mol. The molecular formula is C23H20N4O4S. The van der Waals surface area contributed by atoms with Gasteiger partial charge in [-0.25, -0.2) is 14.6 Å². The van der Waals surface area contributed by atoms with E-state index < -0.39 is 6.10 Å². The number of rotatable bonds is 4. The van der Waals surface area contributed by atoms with Gasteiger partial charge >= 0.3 is 5.97 Å². The van der Waals surface area contributed by atoms with Crippen molar-refractivity contribution >= 4 is 44.2 Å². The number of aliphatic hydroxyl groups is 1. The molecule has 32 heavy (non-hydrogen) atoms. The van der Waals surface area contributed by atoms with Crippen LogP contribution in [0.1, 0.15) is 33.2 Å². The number of ether oxygens (including phenoxy) is 1. The summed E-state index contributed by atoms with van der Waals surface area (Å²) in [6.07, 6.45) is -0.773. The molecule has 1 aromatic heterocycles. The second-order valence-corrected chi connectivity index (χ2v) is 9.01. The van der Waals surface area contributed by atoms with Crippen LogP contribution >= 0.6 is 11.3 Å². The molecule has 1 saturated heterocycles. The number of anilines is 1. The van der Waals surface area contributed by atoms with Gasteiger partial charge in [0, 0.05) is 29.9 Å². The Hall–Kier alpha value is -3.32. The number of aromatic nitrogens is 1. The topological polar surface area (TPSA) is 87.3 Å². The van der Waals surface area contributed by atoms with Gasteiger partial charge in [-0.05, 0) is 42.3 Å². The molecule has 5 rings (SSSR count). The summed E-state index contributed by atoms with van der Waals surface area (Å²) < 4.78 is 5.95. The van der Waals surface area contributed by atoms with Crippen molar-refractivity contribution in [3.63, 3.8) is 0 Å². The van der Waals surface area contributed by atoms with E-state index >= 15 is 0 Å². The third-order valence-corrected chi connectivity index (χ3v) is 6.92. The van der Waals surface area contributed by atoms with Crippen LogP contribution in [0.3, 0.4) is 0 Å². The molecule has 1 amide bonds. The number of carbonyl (C=O) groups is 2. The van der Waals surface area contributed by atoms with Gasteiger partial charge in [-0.2, -0.15) is 0 Å². The van der Waals surface area contributed by atoms with E-state index in [4.69, 9.17) is 11.3 Å². The van der Waals surface area contributed by atoms with E-state index in [2.05, 4.69) is 9.83 Å². The maximum atomic E-state index is 12.8. The highest BCUT2D eigenvalue weighted by Gasteiger charge is 2.30. The van der Waals surface area contributed by atoms with Crippen LogP contribution in [0.15, 0.2) is 30.3 Å². The van der Waals surface area contributed by atoms with E-state index in [1.807, 2.05) is 17.9 Å². The number of piperazine rings is 1. The number of benzene rings is 2. The Morgan fingerprint density at radius 2 is 2.12 bits per heavy atom. The normalized spacial score (nSPS) is 17.3. The van der Waals surface area contributed by atoms with Crippen molar-refractivity contribution in [2.45, 2.75) is 19.6 Å². The second kappa shape index (κ2) is 7.98. The SMILES string of the molecule is [C-]#[N+]c1ccc2nc(N3CCN(CC(O)c4cc5c(cc4C)C(=O)OC5)CC3=O)sc2c1.